The molecular formula is C16H12ClF3N2O2. The zero-order valence-corrected chi connectivity index (χ0v) is 13.1. The second kappa shape index (κ2) is 6.92. The van der Waals surface area contributed by atoms with E-state index in [1.165, 1.54) is 31.2 Å². The first-order valence-corrected chi connectivity index (χ1v) is 7.10. The fourth-order valence-electron chi connectivity index (χ4n) is 1.92. The Hall–Kier alpha value is -2.54. The Kier molecular flexibility index (Phi) is 5.14. The summed E-state index contributed by atoms with van der Waals surface area (Å²) >= 11 is 5.97. The first kappa shape index (κ1) is 17.8. The standard InChI is InChI=1S/C16H12ClF3N2O2/c1-9(23)21-14-6-5-12(8-13(14)17)22-15(24)10-3-2-4-11(7-10)16(18,19)20/h2-8H,1H3,(H,21,23)(H,22,24). The second-order valence-corrected chi connectivity index (χ2v) is 5.32. The van der Waals surface area contributed by atoms with Gasteiger partial charge in [-0.1, -0.05) is 17.7 Å². The van der Waals surface area contributed by atoms with Gasteiger partial charge in [-0.3, -0.25) is 9.59 Å². The summed E-state index contributed by atoms with van der Waals surface area (Å²) in [6, 6.07) is 8.42. The first-order chi connectivity index (χ1) is 11.2. The highest BCUT2D eigenvalue weighted by molar-refractivity contribution is 6.34. The minimum absolute atomic E-state index is 0.133. The average molecular weight is 357 g/mol. The molecule has 2 aromatic carbocycles. The van der Waals surface area contributed by atoms with E-state index in [2.05, 4.69) is 10.6 Å². The lowest BCUT2D eigenvalue weighted by Crippen LogP contribution is -2.14. The van der Waals surface area contributed by atoms with E-state index in [0.717, 1.165) is 18.2 Å². The van der Waals surface area contributed by atoms with E-state index in [9.17, 15) is 22.8 Å². The number of hydrogen-bond acceptors (Lipinski definition) is 2. The van der Waals surface area contributed by atoms with Crippen LogP contribution >= 0.6 is 11.6 Å². The number of benzene rings is 2. The van der Waals surface area contributed by atoms with Gasteiger partial charge in [-0.05, 0) is 36.4 Å². The molecule has 0 aliphatic carbocycles. The minimum atomic E-state index is -4.53. The van der Waals surface area contributed by atoms with Crippen molar-refractivity contribution in [2.75, 3.05) is 10.6 Å². The van der Waals surface area contributed by atoms with E-state index < -0.39 is 17.6 Å². The van der Waals surface area contributed by atoms with Crippen LogP contribution < -0.4 is 10.6 Å². The van der Waals surface area contributed by atoms with Crippen LogP contribution in [0.1, 0.15) is 22.8 Å². The molecule has 126 valence electrons. The van der Waals surface area contributed by atoms with Crippen LogP contribution in [0.2, 0.25) is 5.02 Å². The van der Waals surface area contributed by atoms with E-state index in [-0.39, 0.29) is 22.2 Å². The van der Waals surface area contributed by atoms with E-state index in [4.69, 9.17) is 11.6 Å². The Labute approximate surface area is 140 Å². The van der Waals surface area contributed by atoms with Crippen LogP contribution in [-0.2, 0) is 11.0 Å². The predicted octanol–water partition coefficient (Wildman–Crippen LogP) is 4.57. The Balaban J connectivity index is 2.18. The summed E-state index contributed by atoms with van der Waals surface area (Å²) in [5.41, 5.74) is -0.390. The molecule has 0 saturated heterocycles. The SMILES string of the molecule is CC(=O)Nc1ccc(NC(=O)c2cccc(C(F)(F)F)c2)cc1Cl. The van der Waals surface area contributed by atoms with Gasteiger partial charge < -0.3 is 10.6 Å². The molecule has 0 spiro atoms. The van der Waals surface area contributed by atoms with Gasteiger partial charge in [0.25, 0.3) is 5.91 Å². The van der Waals surface area contributed by atoms with E-state index >= 15 is 0 Å². The Morgan fingerprint density at radius 2 is 1.75 bits per heavy atom. The van der Waals surface area contributed by atoms with Gasteiger partial charge in [0.1, 0.15) is 0 Å². The summed E-state index contributed by atoms with van der Waals surface area (Å²) in [6.07, 6.45) is -4.53. The summed E-state index contributed by atoms with van der Waals surface area (Å²) in [5, 5.41) is 5.14. The monoisotopic (exact) mass is 356 g/mol. The third kappa shape index (κ3) is 4.48. The van der Waals surface area contributed by atoms with Gasteiger partial charge in [0, 0.05) is 18.2 Å². The van der Waals surface area contributed by atoms with Gasteiger partial charge in [0.15, 0.2) is 0 Å². The van der Waals surface area contributed by atoms with Gasteiger partial charge >= 0.3 is 6.18 Å². The quantitative estimate of drug-likeness (QED) is 0.846. The molecule has 2 N–H and O–H groups in total. The topological polar surface area (TPSA) is 58.2 Å². The van der Waals surface area contributed by atoms with Crippen molar-refractivity contribution in [3.05, 3.63) is 58.6 Å². The number of hydrogen-bond donors (Lipinski definition) is 2. The van der Waals surface area contributed by atoms with Crippen molar-refractivity contribution in [3.8, 4) is 0 Å². The van der Waals surface area contributed by atoms with Gasteiger partial charge in [-0.15, -0.1) is 0 Å². The Morgan fingerprint density at radius 3 is 2.33 bits per heavy atom. The molecule has 0 atom stereocenters. The molecule has 2 aromatic rings. The van der Waals surface area contributed by atoms with Gasteiger partial charge in [-0.2, -0.15) is 13.2 Å². The normalized spacial score (nSPS) is 11.0. The van der Waals surface area contributed by atoms with Crippen LogP contribution in [0.15, 0.2) is 42.5 Å². The lowest BCUT2D eigenvalue weighted by atomic mass is 10.1. The molecule has 0 saturated carbocycles. The van der Waals surface area contributed by atoms with Crippen molar-refractivity contribution in [1.82, 2.24) is 0 Å². The molecule has 0 fully saturated rings. The molecule has 0 aromatic heterocycles. The Morgan fingerprint density at radius 1 is 1.04 bits per heavy atom. The van der Waals surface area contributed by atoms with Crippen LogP contribution in [-0.4, -0.2) is 11.8 Å². The molecule has 0 radical (unpaired) electrons. The summed E-state index contributed by atoms with van der Waals surface area (Å²) in [4.78, 5) is 23.1. The second-order valence-electron chi connectivity index (χ2n) is 4.91. The third-order valence-electron chi connectivity index (χ3n) is 2.99. The summed E-state index contributed by atoms with van der Waals surface area (Å²) in [6.45, 7) is 1.32. The van der Waals surface area contributed by atoms with Crippen molar-refractivity contribution in [2.24, 2.45) is 0 Å². The fraction of sp³-hybridized carbons (Fsp3) is 0.125. The molecule has 0 aliphatic heterocycles. The smallest absolute Gasteiger partial charge is 0.325 e. The number of carbonyl (C=O) groups is 2. The number of nitrogens with one attached hydrogen (secondary N) is 2. The molecule has 2 amide bonds. The summed E-state index contributed by atoms with van der Waals surface area (Å²) < 4.78 is 38.0. The maximum absolute atomic E-state index is 12.7. The maximum atomic E-state index is 12.7. The van der Waals surface area contributed by atoms with Crippen molar-refractivity contribution < 1.29 is 22.8 Å². The molecular weight excluding hydrogens is 345 g/mol. The summed E-state index contributed by atoms with van der Waals surface area (Å²) in [5.74, 6) is -1.01. The molecule has 2 rings (SSSR count). The maximum Gasteiger partial charge on any atom is 0.416 e. The van der Waals surface area contributed by atoms with E-state index in [1.54, 1.807) is 0 Å². The van der Waals surface area contributed by atoms with Gasteiger partial charge in [0.05, 0.1) is 16.3 Å². The van der Waals surface area contributed by atoms with Crippen molar-refractivity contribution >= 4 is 34.8 Å². The Bertz CT molecular complexity index is 791. The number of carbonyl (C=O) groups excluding carboxylic acids is 2. The zero-order valence-electron chi connectivity index (χ0n) is 12.4. The molecule has 8 heteroatoms. The van der Waals surface area contributed by atoms with Gasteiger partial charge in [-0.25, -0.2) is 0 Å². The summed E-state index contributed by atoms with van der Waals surface area (Å²) in [7, 11) is 0. The van der Waals surface area contributed by atoms with Crippen LogP contribution in [0, 0.1) is 0 Å². The molecule has 24 heavy (non-hydrogen) atoms. The lowest BCUT2D eigenvalue weighted by molar-refractivity contribution is -0.137. The first-order valence-electron chi connectivity index (χ1n) is 6.72. The third-order valence-corrected chi connectivity index (χ3v) is 3.30. The average Bonchev–Trinajstić information content (AvgIpc) is 2.49. The number of halogens is 4. The van der Waals surface area contributed by atoms with Crippen molar-refractivity contribution in [2.45, 2.75) is 13.1 Å². The number of alkyl halides is 3. The van der Waals surface area contributed by atoms with Crippen LogP contribution in [0.25, 0.3) is 0 Å². The molecule has 0 heterocycles. The van der Waals surface area contributed by atoms with Crippen LogP contribution in [0.4, 0.5) is 24.5 Å². The van der Waals surface area contributed by atoms with Crippen molar-refractivity contribution in [3.63, 3.8) is 0 Å². The van der Waals surface area contributed by atoms with Crippen LogP contribution in [0.5, 0.6) is 0 Å². The highest BCUT2D eigenvalue weighted by Crippen LogP contribution is 2.30. The van der Waals surface area contributed by atoms with Crippen molar-refractivity contribution in [1.29, 1.82) is 0 Å². The van der Waals surface area contributed by atoms with E-state index in [1.807, 2.05) is 0 Å². The minimum Gasteiger partial charge on any atom is -0.325 e. The predicted molar refractivity (Wildman–Crippen MR) is 85.2 cm³/mol. The van der Waals surface area contributed by atoms with Gasteiger partial charge in [0.2, 0.25) is 5.91 Å². The molecule has 0 unspecified atom stereocenters. The number of anilines is 2. The molecule has 4 nitrogen and oxygen atoms in total. The van der Waals surface area contributed by atoms with Crippen LogP contribution in [0.3, 0.4) is 0 Å². The number of amides is 2. The molecule has 0 bridgehead atoms. The number of rotatable bonds is 3. The fourth-order valence-corrected chi connectivity index (χ4v) is 2.15. The van der Waals surface area contributed by atoms with E-state index in [0.29, 0.717) is 5.69 Å². The molecule has 0 aliphatic rings. The largest absolute Gasteiger partial charge is 0.416 e. The highest BCUT2D eigenvalue weighted by atomic mass is 35.5. The highest BCUT2D eigenvalue weighted by Gasteiger charge is 2.30. The zero-order chi connectivity index (χ0) is 17.9. The lowest BCUT2D eigenvalue weighted by Gasteiger charge is -2.11.